The van der Waals surface area contributed by atoms with E-state index in [0.29, 0.717) is 5.56 Å². The molecule has 0 bridgehead atoms. The predicted octanol–water partition coefficient (Wildman–Crippen LogP) is 6.17. The first-order chi connectivity index (χ1) is 12.5. The minimum Gasteiger partial charge on any atom is -0.298 e. The normalized spacial score (nSPS) is 10.9. The van der Waals surface area contributed by atoms with E-state index in [2.05, 4.69) is 28.1 Å². The van der Waals surface area contributed by atoms with Gasteiger partial charge in [-0.3, -0.25) is 4.79 Å². The standard InChI is InChI=1S/C12H13NO.C11H12BrN/c1-9-6-11(12(2,3)8-13)5-4-10(9)7-14;1-8-6-9(4-5-10(8)12)11(2,3)7-13/h4-7H,1-3H3;4-6H,1-3H3. The smallest absolute Gasteiger partial charge is 0.150 e. The lowest BCUT2D eigenvalue weighted by Crippen LogP contribution is -2.14. The van der Waals surface area contributed by atoms with Crippen molar-refractivity contribution in [3.05, 3.63) is 68.7 Å². The Balaban J connectivity index is 0.000000271. The van der Waals surface area contributed by atoms with Crippen LogP contribution in [0.15, 0.2) is 40.9 Å². The van der Waals surface area contributed by atoms with Crippen molar-refractivity contribution in [2.24, 2.45) is 0 Å². The predicted molar refractivity (Wildman–Crippen MR) is 113 cm³/mol. The van der Waals surface area contributed by atoms with E-state index in [1.807, 2.05) is 71.9 Å². The summed E-state index contributed by atoms with van der Waals surface area (Å²) >= 11 is 3.44. The number of nitriles is 2. The lowest BCUT2D eigenvalue weighted by atomic mass is 9.85. The molecule has 27 heavy (non-hydrogen) atoms. The molecular weight excluding hydrogens is 400 g/mol. The van der Waals surface area contributed by atoms with Crippen LogP contribution < -0.4 is 0 Å². The molecule has 2 aromatic carbocycles. The number of rotatable bonds is 3. The van der Waals surface area contributed by atoms with Gasteiger partial charge < -0.3 is 0 Å². The molecule has 4 heteroatoms. The lowest BCUT2D eigenvalue weighted by Gasteiger charge is -2.16. The summed E-state index contributed by atoms with van der Waals surface area (Å²) < 4.78 is 1.09. The van der Waals surface area contributed by atoms with Gasteiger partial charge in [-0.05, 0) is 69.9 Å². The minimum atomic E-state index is -0.494. The summed E-state index contributed by atoms with van der Waals surface area (Å²) in [6.45, 7) is 11.5. The average molecular weight is 425 g/mol. The molecule has 0 atom stereocenters. The number of aryl methyl sites for hydroxylation is 2. The van der Waals surface area contributed by atoms with E-state index in [1.54, 1.807) is 6.07 Å². The van der Waals surface area contributed by atoms with Crippen LogP contribution in [0.4, 0.5) is 0 Å². The van der Waals surface area contributed by atoms with Crippen LogP contribution >= 0.6 is 15.9 Å². The van der Waals surface area contributed by atoms with Crippen molar-refractivity contribution in [2.45, 2.75) is 52.4 Å². The molecule has 0 heterocycles. The number of carbonyl (C=O) groups excluding carboxylic acids is 1. The average Bonchev–Trinajstić information content (AvgIpc) is 2.64. The maximum atomic E-state index is 10.6. The number of benzene rings is 2. The SMILES string of the molecule is Cc1cc(C(C)(C)C#N)ccc1Br.Cc1cc(C(C)(C)C#N)ccc1C=O. The van der Waals surface area contributed by atoms with E-state index in [4.69, 9.17) is 10.5 Å². The van der Waals surface area contributed by atoms with Gasteiger partial charge in [0.2, 0.25) is 0 Å². The summed E-state index contributed by atoms with van der Waals surface area (Å²) in [5.74, 6) is 0. The highest BCUT2D eigenvalue weighted by Gasteiger charge is 2.20. The summed E-state index contributed by atoms with van der Waals surface area (Å²) in [6, 6.07) is 16.0. The summed E-state index contributed by atoms with van der Waals surface area (Å²) in [5, 5.41) is 17.9. The molecule has 0 saturated carbocycles. The Hall–Kier alpha value is -2.43. The molecule has 140 valence electrons. The number of aldehydes is 1. The fourth-order valence-corrected chi connectivity index (χ4v) is 2.61. The van der Waals surface area contributed by atoms with Gasteiger partial charge in [0.25, 0.3) is 0 Å². The van der Waals surface area contributed by atoms with Crippen LogP contribution in [0.3, 0.4) is 0 Å². The maximum Gasteiger partial charge on any atom is 0.150 e. The van der Waals surface area contributed by atoms with Crippen LogP contribution in [0, 0.1) is 36.5 Å². The molecule has 0 aliphatic rings. The molecule has 0 aliphatic carbocycles. The third-order valence-corrected chi connectivity index (χ3v) is 5.45. The van der Waals surface area contributed by atoms with Crippen LogP contribution in [0.1, 0.15) is 60.3 Å². The van der Waals surface area contributed by atoms with Crippen LogP contribution in [0.5, 0.6) is 0 Å². The molecule has 0 unspecified atom stereocenters. The Kier molecular flexibility index (Phi) is 7.52. The lowest BCUT2D eigenvalue weighted by molar-refractivity contribution is 0.112. The molecule has 0 radical (unpaired) electrons. The van der Waals surface area contributed by atoms with Crippen LogP contribution in [-0.2, 0) is 10.8 Å². The fourth-order valence-electron chi connectivity index (χ4n) is 2.36. The fraction of sp³-hybridized carbons (Fsp3) is 0.348. The van der Waals surface area contributed by atoms with Crippen molar-refractivity contribution in [3.63, 3.8) is 0 Å². The van der Waals surface area contributed by atoms with Gasteiger partial charge in [-0.15, -0.1) is 0 Å². The highest BCUT2D eigenvalue weighted by atomic mass is 79.9. The zero-order chi connectivity index (χ0) is 20.8. The van der Waals surface area contributed by atoms with Gasteiger partial charge in [0.15, 0.2) is 0 Å². The van der Waals surface area contributed by atoms with Gasteiger partial charge in [-0.1, -0.05) is 46.3 Å². The van der Waals surface area contributed by atoms with Crippen LogP contribution in [-0.4, -0.2) is 6.29 Å². The Morgan fingerprint density at radius 3 is 1.67 bits per heavy atom. The molecule has 0 aromatic heterocycles. The summed E-state index contributed by atoms with van der Waals surface area (Å²) in [4.78, 5) is 10.6. The maximum absolute atomic E-state index is 10.6. The molecular formula is C23H25BrN2O. The Labute approximate surface area is 170 Å². The van der Waals surface area contributed by atoms with Crippen molar-refractivity contribution < 1.29 is 4.79 Å². The van der Waals surface area contributed by atoms with Gasteiger partial charge in [-0.2, -0.15) is 10.5 Å². The number of hydrogen-bond donors (Lipinski definition) is 0. The van der Waals surface area contributed by atoms with Crippen LogP contribution in [0.2, 0.25) is 0 Å². The monoisotopic (exact) mass is 424 g/mol. The number of halogens is 1. The van der Waals surface area contributed by atoms with E-state index in [9.17, 15) is 4.79 Å². The van der Waals surface area contributed by atoms with E-state index >= 15 is 0 Å². The molecule has 0 amide bonds. The molecule has 0 spiro atoms. The first-order valence-electron chi connectivity index (χ1n) is 8.64. The molecule has 0 aliphatic heterocycles. The minimum absolute atomic E-state index is 0.397. The largest absolute Gasteiger partial charge is 0.298 e. The summed E-state index contributed by atoms with van der Waals surface area (Å²) in [5.41, 5.74) is 3.89. The second kappa shape index (κ2) is 8.98. The van der Waals surface area contributed by atoms with Gasteiger partial charge in [0.1, 0.15) is 6.29 Å². The molecule has 0 fully saturated rings. The van der Waals surface area contributed by atoms with Crippen molar-refractivity contribution in [1.82, 2.24) is 0 Å². The highest BCUT2D eigenvalue weighted by molar-refractivity contribution is 9.10. The highest BCUT2D eigenvalue weighted by Crippen LogP contribution is 2.26. The second-order valence-corrected chi connectivity index (χ2v) is 8.48. The van der Waals surface area contributed by atoms with Gasteiger partial charge >= 0.3 is 0 Å². The van der Waals surface area contributed by atoms with Crippen molar-refractivity contribution in [1.29, 1.82) is 10.5 Å². The third kappa shape index (κ3) is 5.78. The summed E-state index contributed by atoms with van der Waals surface area (Å²) in [6.07, 6.45) is 0.832. The van der Waals surface area contributed by atoms with E-state index in [0.717, 1.165) is 27.4 Å². The Morgan fingerprint density at radius 1 is 0.852 bits per heavy atom. The Bertz CT molecular complexity index is 915. The quantitative estimate of drug-likeness (QED) is 0.553. The number of carbonyl (C=O) groups is 1. The third-order valence-electron chi connectivity index (χ3n) is 4.56. The molecule has 3 nitrogen and oxygen atoms in total. The zero-order valence-corrected chi connectivity index (χ0v) is 18.3. The van der Waals surface area contributed by atoms with Crippen molar-refractivity contribution in [3.8, 4) is 12.1 Å². The van der Waals surface area contributed by atoms with Crippen molar-refractivity contribution >= 4 is 22.2 Å². The van der Waals surface area contributed by atoms with E-state index in [1.165, 1.54) is 5.56 Å². The zero-order valence-electron chi connectivity index (χ0n) is 16.7. The van der Waals surface area contributed by atoms with Gasteiger partial charge in [-0.25, -0.2) is 0 Å². The second-order valence-electron chi connectivity index (χ2n) is 7.63. The van der Waals surface area contributed by atoms with E-state index in [-0.39, 0.29) is 0 Å². The van der Waals surface area contributed by atoms with Crippen LogP contribution in [0.25, 0.3) is 0 Å². The Morgan fingerprint density at radius 2 is 1.30 bits per heavy atom. The van der Waals surface area contributed by atoms with Gasteiger partial charge in [0, 0.05) is 10.0 Å². The number of nitrogens with zero attached hydrogens (tertiary/aromatic N) is 2. The molecule has 0 saturated heterocycles. The van der Waals surface area contributed by atoms with Crippen molar-refractivity contribution in [2.75, 3.05) is 0 Å². The van der Waals surface area contributed by atoms with E-state index < -0.39 is 10.8 Å². The van der Waals surface area contributed by atoms with Gasteiger partial charge in [0.05, 0.1) is 23.0 Å². The molecule has 0 N–H and O–H groups in total. The molecule has 2 aromatic rings. The summed E-state index contributed by atoms with van der Waals surface area (Å²) in [7, 11) is 0. The first-order valence-corrected chi connectivity index (χ1v) is 9.43. The first kappa shape index (κ1) is 22.6. The topological polar surface area (TPSA) is 64.7 Å². The molecule has 2 rings (SSSR count). The number of hydrogen-bond acceptors (Lipinski definition) is 3.